The Kier molecular flexibility index (Phi) is 7.38. The van der Waals surface area contributed by atoms with Gasteiger partial charge in [0.05, 0.1) is 11.0 Å². The number of rotatable bonds is 9. The lowest BCUT2D eigenvalue weighted by Crippen LogP contribution is -2.40. The fourth-order valence-corrected chi connectivity index (χ4v) is 2.41. The van der Waals surface area contributed by atoms with E-state index in [0.29, 0.717) is 25.3 Å². The maximum Gasteiger partial charge on any atom is 0.314 e. The summed E-state index contributed by atoms with van der Waals surface area (Å²) >= 11 is 0. The maximum atomic E-state index is 11.9. The zero-order valence-corrected chi connectivity index (χ0v) is 14.5. The topological polar surface area (TPSA) is 106 Å². The minimum absolute atomic E-state index is 0.00255. The van der Waals surface area contributed by atoms with Crippen molar-refractivity contribution in [2.45, 2.75) is 6.10 Å². The standard InChI is InChI=1S/C18H22N4O4/c1-26-17(14-7-3-2-4-8-14)13-21-18(23)20-12-11-19-15-9-5-6-10-16(15)22(24)25/h2-10,17,19H,11-13H2,1H3,(H2,20,21,23)/t17-/m0/s1. The Morgan fingerprint density at radius 1 is 1.08 bits per heavy atom. The van der Waals surface area contributed by atoms with Gasteiger partial charge in [0.2, 0.25) is 0 Å². The van der Waals surface area contributed by atoms with Gasteiger partial charge < -0.3 is 20.7 Å². The highest BCUT2D eigenvalue weighted by Gasteiger charge is 2.12. The molecule has 0 aromatic heterocycles. The number of ether oxygens (including phenoxy) is 1. The third-order valence-electron chi connectivity index (χ3n) is 3.73. The van der Waals surface area contributed by atoms with Crippen LogP contribution in [0.4, 0.5) is 16.2 Å². The van der Waals surface area contributed by atoms with Crippen molar-refractivity contribution in [3.8, 4) is 0 Å². The molecule has 0 aliphatic rings. The first-order chi connectivity index (χ1) is 12.6. The number of carbonyl (C=O) groups is 1. The van der Waals surface area contributed by atoms with Gasteiger partial charge in [0.25, 0.3) is 5.69 Å². The average molecular weight is 358 g/mol. The van der Waals surface area contributed by atoms with E-state index in [1.807, 2.05) is 30.3 Å². The molecule has 8 nitrogen and oxygen atoms in total. The number of urea groups is 1. The summed E-state index contributed by atoms with van der Waals surface area (Å²) < 4.78 is 5.39. The number of hydrogen-bond acceptors (Lipinski definition) is 5. The van der Waals surface area contributed by atoms with Gasteiger partial charge in [-0.3, -0.25) is 10.1 Å². The fourth-order valence-electron chi connectivity index (χ4n) is 2.41. The van der Waals surface area contributed by atoms with Crippen molar-refractivity contribution >= 4 is 17.4 Å². The van der Waals surface area contributed by atoms with Crippen molar-refractivity contribution in [3.05, 3.63) is 70.3 Å². The molecule has 0 unspecified atom stereocenters. The summed E-state index contributed by atoms with van der Waals surface area (Å²) in [7, 11) is 1.59. The Balaban J connectivity index is 1.72. The molecule has 0 spiro atoms. The summed E-state index contributed by atoms with van der Waals surface area (Å²) in [5.74, 6) is 0. The molecule has 8 heteroatoms. The Morgan fingerprint density at radius 3 is 2.46 bits per heavy atom. The van der Waals surface area contributed by atoms with Gasteiger partial charge in [0.15, 0.2) is 0 Å². The van der Waals surface area contributed by atoms with E-state index in [-0.39, 0.29) is 17.8 Å². The maximum absolute atomic E-state index is 11.9. The molecule has 2 aromatic rings. The van der Waals surface area contributed by atoms with Crippen LogP contribution in [0.5, 0.6) is 0 Å². The number of nitro groups is 1. The van der Waals surface area contributed by atoms with Gasteiger partial charge in [0, 0.05) is 32.8 Å². The summed E-state index contributed by atoms with van der Waals surface area (Å²) in [5.41, 5.74) is 1.40. The van der Waals surface area contributed by atoms with Crippen molar-refractivity contribution in [2.24, 2.45) is 0 Å². The van der Waals surface area contributed by atoms with Crippen LogP contribution in [0.25, 0.3) is 0 Å². The Morgan fingerprint density at radius 2 is 1.77 bits per heavy atom. The molecule has 2 aromatic carbocycles. The summed E-state index contributed by atoms with van der Waals surface area (Å²) in [6.07, 6.45) is -0.230. The van der Waals surface area contributed by atoms with Gasteiger partial charge in [0.1, 0.15) is 5.69 Å². The largest absolute Gasteiger partial charge is 0.378 e. The Bertz CT molecular complexity index is 724. The van der Waals surface area contributed by atoms with Gasteiger partial charge in [-0.25, -0.2) is 4.79 Å². The second-order valence-electron chi connectivity index (χ2n) is 5.47. The number of benzene rings is 2. The van der Waals surface area contributed by atoms with Crippen LogP contribution < -0.4 is 16.0 Å². The molecule has 1 atom stereocenters. The molecule has 0 fully saturated rings. The van der Waals surface area contributed by atoms with Gasteiger partial charge in [-0.05, 0) is 11.6 Å². The minimum Gasteiger partial charge on any atom is -0.378 e. The van der Waals surface area contributed by atoms with Crippen LogP contribution >= 0.6 is 0 Å². The van der Waals surface area contributed by atoms with E-state index < -0.39 is 4.92 Å². The highest BCUT2D eigenvalue weighted by atomic mass is 16.6. The molecule has 2 amide bonds. The first-order valence-electron chi connectivity index (χ1n) is 8.18. The molecule has 0 saturated carbocycles. The van der Waals surface area contributed by atoms with Crippen molar-refractivity contribution in [2.75, 3.05) is 32.1 Å². The van der Waals surface area contributed by atoms with E-state index in [0.717, 1.165) is 5.56 Å². The number of carbonyl (C=O) groups excluding carboxylic acids is 1. The predicted octanol–water partition coefficient (Wildman–Crippen LogP) is 2.69. The second-order valence-corrected chi connectivity index (χ2v) is 5.47. The molecular weight excluding hydrogens is 336 g/mol. The summed E-state index contributed by atoms with van der Waals surface area (Å²) in [5, 5.41) is 19.3. The van der Waals surface area contributed by atoms with Gasteiger partial charge >= 0.3 is 6.03 Å². The predicted molar refractivity (Wildman–Crippen MR) is 99.2 cm³/mol. The molecule has 0 radical (unpaired) electrons. The SMILES string of the molecule is CO[C@@H](CNC(=O)NCCNc1ccccc1[N+](=O)[O-])c1ccccc1. The van der Waals surface area contributed by atoms with Gasteiger partial charge in [-0.2, -0.15) is 0 Å². The molecule has 0 heterocycles. The monoisotopic (exact) mass is 358 g/mol. The van der Waals surface area contributed by atoms with Crippen molar-refractivity contribution in [3.63, 3.8) is 0 Å². The van der Waals surface area contributed by atoms with Crippen LogP contribution in [0.3, 0.4) is 0 Å². The molecular formula is C18H22N4O4. The third kappa shape index (κ3) is 5.75. The lowest BCUT2D eigenvalue weighted by molar-refractivity contribution is -0.384. The number of nitro benzene ring substituents is 1. The third-order valence-corrected chi connectivity index (χ3v) is 3.73. The Hall–Kier alpha value is -3.13. The van der Waals surface area contributed by atoms with Crippen molar-refractivity contribution in [1.82, 2.24) is 10.6 Å². The molecule has 3 N–H and O–H groups in total. The highest BCUT2D eigenvalue weighted by Crippen LogP contribution is 2.22. The quantitative estimate of drug-likeness (QED) is 0.363. The zero-order valence-electron chi connectivity index (χ0n) is 14.5. The smallest absolute Gasteiger partial charge is 0.314 e. The summed E-state index contributed by atoms with van der Waals surface area (Å²) in [6.45, 7) is 1.02. The number of anilines is 1. The molecule has 2 rings (SSSR count). The first kappa shape index (κ1) is 19.2. The lowest BCUT2D eigenvalue weighted by Gasteiger charge is -2.17. The molecule has 0 aliphatic heterocycles. The van der Waals surface area contributed by atoms with Crippen LogP contribution in [0, 0.1) is 10.1 Å². The van der Waals surface area contributed by atoms with E-state index >= 15 is 0 Å². The first-order valence-corrected chi connectivity index (χ1v) is 8.18. The van der Waals surface area contributed by atoms with Crippen molar-refractivity contribution in [1.29, 1.82) is 0 Å². The summed E-state index contributed by atoms with van der Waals surface area (Å²) in [6, 6.07) is 15.7. The average Bonchev–Trinajstić information content (AvgIpc) is 2.67. The molecule has 0 aliphatic carbocycles. The number of para-hydroxylation sites is 2. The van der Waals surface area contributed by atoms with Gasteiger partial charge in [-0.1, -0.05) is 42.5 Å². The normalized spacial score (nSPS) is 11.4. The number of methoxy groups -OCH3 is 1. The number of nitrogens with one attached hydrogen (secondary N) is 3. The van der Waals surface area contributed by atoms with E-state index in [4.69, 9.17) is 4.74 Å². The van der Waals surface area contributed by atoms with Crippen LogP contribution in [0.15, 0.2) is 54.6 Å². The van der Waals surface area contributed by atoms with E-state index in [9.17, 15) is 14.9 Å². The highest BCUT2D eigenvalue weighted by molar-refractivity contribution is 5.74. The summed E-state index contributed by atoms with van der Waals surface area (Å²) in [4.78, 5) is 22.4. The van der Waals surface area contributed by atoms with E-state index in [2.05, 4.69) is 16.0 Å². The molecule has 26 heavy (non-hydrogen) atoms. The van der Waals surface area contributed by atoms with Crippen LogP contribution in [-0.4, -0.2) is 37.7 Å². The van der Waals surface area contributed by atoms with E-state index in [1.165, 1.54) is 6.07 Å². The van der Waals surface area contributed by atoms with Crippen LogP contribution in [-0.2, 0) is 4.74 Å². The van der Waals surface area contributed by atoms with E-state index in [1.54, 1.807) is 25.3 Å². The molecule has 0 saturated heterocycles. The van der Waals surface area contributed by atoms with Gasteiger partial charge in [-0.15, -0.1) is 0 Å². The fraction of sp³-hybridized carbons (Fsp3) is 0.278. The zero-order chi connectivity index (χ0) is 18.8. The van der Waals surface area contributed by atoms with Crippen LogP contribution in [0.2, 0.25) is 0 Å². The number of hydrogen-bond donors (Lipinski definition) is 3. The number of amides is 2. The lowest BCUT2D eigenvalue weighted by atomic mass is 10.1. The van der Waals surface area contributed by atoms with Crippen LogP contribution in [0.1, 0.15) is 11.7 Å². The molecule has 0 bridgehead atoms. The van der Waals surface area contributed by atoms with Crippen molar-refractivity contribution < 1.29 is 14.5 Å². The second kappa shape index (κ2) is 10.00. The Labute approximate surface area is 151 Å². The minimum atomic E-state index is -0.447. The molecule has 138 valence electrons. The number of nitrogens with zero attached hydrogens (tertiary/aromatic N) is 1.